The number of benzene rings is 2. The summed E-state index contributed by atoms with van der Waals surface area (Å²) in [6, 6.07) is 10.5. The Labute approximate surface area is 169 Å². The van der Waals surface area contributed by atoms with Crippen LogP contribution in [0, 0.1) is 5.82 Å². The molecule has 2 aromatic rings. The summed E-state index contributed by atoms with van der Waals surface area (Å²) in [6.07, 6.45) is 0. The Bertz CT molecular complexity index is 982. The number of halogens is 1. The standard InChI is InChI=1S/C19H22FN3O5S/c1-27-17-8-7-16(11-18(17)28-2)21-19(24)13-23-10-9-22(29(23,25)26)12-14-3-5-15(20)6-4-14/h3-8,11H,9-10,12-13H2,1-2H3,(H,21,24). The van der Waals surface area contributed by atoms with Gasteiger partial charge in [-0.1, -0.05) is 12.1 Å². The van der Waals surface area contributed by atoms with Gasteiger partial charge in [0.2, 0.25) is 5.91 Å². The van der Waals surface area contributed by atoms with Gasteiger partial charge in [0.1, 0.15) is 5.82 Å². The highest BCUT2D eigenvalue weighted by Gasteiger charge is 2.37. The maximum absolute atomic E-state index is 13.0. The van der Waals surface area contributed by atoms with E-state index in [1.807, 2.05) is 0 Å². The summed E-state index contributed by atoms with van der Waals surface area (Å²) in [7, 11) is -0.792. The Balaban J connectivity index is 1.63. The number of rotatable bonds is 7. The van der Waals surface area contributed by atoms with Crippen molar-refractivity contribution in [2.45, 2.75) is 6.54 Å². The predicted octanol–water partition coefficient (Wildman–Crippen LogP) is 1.84. The van der Waals surface area contributed by atoms with E-state index >= 15 is 0 Å². The molecular formula is C19H22FN3O5S. The fourth-order valence-electron chi connectivity index (χ4n) is 3.01. The van der Waals surface area contributed by atoms with Crippen molar-refractivity contribution in [2.75, 3.05) is 39.2 Å². The third kappa shape index (κ3) is 4.84. The summed E-state index contributed by atoms with van der Waals surface area (Å²) in [6.45, 7) is 0.263. The van der Waals surface area contributed by atoms with E-state index in [1.54, 1.807) is 18.2 Å². The minimum atomic E-state index is -3.78. The molecule has 1 aliphatic heterocycles. The van der Waals surface area contributed by atoms with Gasteiger partial charge in [0.25, 0.3) is 10.2 Å². The Hall–Kier alpha value is -2.69. The number of hydrogen-bond donors (Lipinski definition) is 1. The number of ether oxygens (including phenoxy) is 2. The van der Waals surface area contributed by atoms with Gasteiger partial charge >= 0.3 is 0 Å². The van der Waals surface area contributed by atoms with Crippen LogP contribution in [0.15, 0.2) is 42.5 Å². The van der Waals surface area contributed by atoms with E-state index < -0.39 is 16.1 Å². The quantitative estimate of drug-likeness (QED) is 0.734. The van der Waals surface area contributed by atoms with Crippen molar-refractivity contribution >= 4 is 21.8 Å². The van der Waals surface area contributed by atoms with E-state index in [4.69, 9.17) is 9.47 Å². The number of nitrogens with zero attached hydrogens (tertiary/aromatic N) is 2. The first kappa shape index (κ1) is 21.0. The molecule has 29 heavy (non-hydrogen) atoms. The zero-order valence-electron chi connectivity index (χ0n) is 16.1. The van der Waals surface area contributed by atoms with Crippen LogP contribution < -0.4 is 14.8 Å². The highest BCUT2D eigenvalue weighted by atomic mass is 32.2. The highest BCUT2D eigenvalue weighted by molar-refractivity contribution is 7.87. The fourth-order valence-corrected chi connectivity index (χ4v) is 4.55. The molecule has 0 spiro atoms. The number of methoxy groups -OCH3 is 2. The van der Waals surface area contributed by atoms with E-state index in [0.29, 0.717) is 22.7 Å². The predicted molar refractivity (Wildman–Crippen MR) is 105 cm³/mol. The van der Waals surface area contributed by atoms with Crippen molar-refractivity contribution in [1.29, 1.82) is 0 Å². The van der Waals surface area contributed by atoms with Crippen molar-refractivity contribution in [1.82, 2.24) is 8.61 Å². The first-order valence-corrected chi connectivity index (χ1v) is 10.2. The first-order chi connectivity index (χ1) is 13.8. The van der Waals surface area contributed by atoms with Crippen LogP contribution in [-0.2, 0) is 21.5 Å². The lowest BCUT2D eigenvalue weighted by Gasteiger charge is -2.18. The van der Waals surface area contributed by atoms with Gasteiger partial charge in [-0.3, -0.25) is 4.79 Å². The van der Waals surface area contributed by atoms with E-state index in [2.05, 4.69) is 5.32 Å². The third-order valence-electron chi connectivity index (χ3n) is 4.51. The molecule has 1 heterocycles. The Morgan fingerprint density at radius 1 is 1.03 bits per heavy atom. The second-order valence-electron chi connectivity index (χ2n) is 6.42. The fraction of sp³-hybridized carbons (Fsp3) is 0.316. The molecule has 3 rings (SSSR count). The Morgan fingerprint density at radius 2 is 1.69 bits per heavy atom. The molecule has 156 valence electrons. The molecular weight excluding hydrogens is 401 g/mol. The molecule has 1 N–H and O–H groups in total. The van der Waals surface area contributed by atoms with Crippen LogP contribution in [-0.4, -0.2) is 56.8 Å². The van der Waals surface area contributed by atoms with Gasteiger partial charge in [0.05, 0.1) is 20.8 Å². The molecule has 0 bridgehead atoms. The number of nitrogens with one attached hydrogen (secondary N) is 1. The van der Waals surface area contributed by atoms with Gasteiger partial charge in [-0.05, 0) is 29.8 Å². The summed E-state index contributed by atoms with van der Waals surface area (Å²) < 4.78 is 51.1. The normalized spacial score (nSPS) is 16.5. The van der Waals surface area contributed by atoms with Gasteiger partial charge in [-0.25, -0.2) is 4.39 Å². The Morgan fingerprint density at radius 3 is 2.34 bits per heavy atom. The lowest BCUT2D eigenvalue weighted by atomic mass is 10.2. The SMILES string of the molecule is COc1ccc(NC(=O)CN2CCN(Cc3ccc(F)cc3)S2(=O)=O)cc1OC. The minimum absolute atomic E-state index is 0.121. The highest BCUT2D eigenvalue weighted by Crippen LogP contribution is 2.29. The smallest absolute Gasteiger partial charge is 0.282 e. The van der Waals surface area contributed by atoms with Gasteiger partial charge in [-0.15, -0.1) is 0 Å². The van der Waals surface area contributed by atoms with E-state index in [0.717, 1.165) is 4.31 Å². The molecule has 0 aromatic heterocycles. The summed E-state index contributed by atoms with van der Waals surface area (Å²) in [5, 5.41) is 2.66. The number of carbonyl (C=O) groups is 1. The summed E-state index contributed by atoms with van der Waals surface area (Å²) in [5.41, 5.74) is 1.14. The van der Waals surface area contributed by atoms with E-state index in [9.17, 15) is 17.6 Å². The van der Waals surface area contributed by atoms with Crippen LogP contribution in [0.5, 0.6) is 11.5 Å². The summed E-state index contributed by atoms with van der Waals surface area (Å²) >= 11 is 0. The topological polar surface area (TPSA) is 88.2 Å². The van der Waals surface area contributed by atoms with Crippen molar-refractivity contribution in [3.63, 3.8) is 0 Å². The molecule has 1 aliphatic rings. The lowest BCUT2D eigenvalue weighted by Crippen LogP contribution is -2.37. The van der Waals surface area contributed by atoms with E-state index in [-0.39, 0.29) is 32.0 Å². The molecule has 0 atom stereocenters. The molecule has 10 heteroatoms. The minimum Gasteiger partial charge on any atom is -0.493 e. The van der Waals surface area contributed by atoms with Crippen molar-refractivity contribution in [2.24, 2.45) is 0 Å². The van der Waals surface area contributed by atoms with Crippen LogP contribution in [0.2, 0.25) is 0 Å². The number of anilines is 1. The molecule has 8 nitrogen and oxygen atoms in total. The zero-order valence-corrected chi connectivity index (χ0v) is 16.9. The maximum Gasteiger partial charge on any atom is 0.282 e. The second-order valence-corrected chi connectivity index (χ2v) is 8.35. The molecule has 0 saturated carbocycles. The van der Waals surface area contributed by atoms with Gasteiger partial charge in [-0.2, -0.15) is 17.0 Å². The number of amides is 1. The molecule has 0 unspecified atom stereocenters. The van der Waals surface area contributed by atoms with Crippen molar-refractivity contribution < 1.29 is 27.1 Å². The summed E-state index contributed by atoms with van der Waals surface area (Å²) in [5.74, 6) is 0.115. The monoisotopic (exact) mass is 423 g/mol. The molecule has 0 radical (unpaired) electrons. The molecule has 1 amide bonds. The third-order valence-corrected chi connectivity index (χ3v) is 6.44. The molecule has 2 aromatic carbocycles. The van der Waals surface area contributed by atoms with Gasteiger partial charge in [0.15, 0.2) is 11.5 Å². The number of carbonyl (C=O) groups excluding carboxylic acids is 1. The summed E-state index contributed by atoms with van der Waals surface area (Å²) in [4.78, 5) is 12.4. The van der Waals surface area contributed by atoms with Crippen LogP contribution in [0.4, 0.5) is 10.1 Å². The molecule has 0 aliphatic carbocycles. The van der Waals surface area contributed by atoms with Crippen LogP contribution in [0.3, 0.4) is 0 Å². The average molecular weight is 423 g/mol. The first-order valence-electron chi connectivity index (χ1n) is 8.85. The van der Waals surface area contributed by atoms with Crippen LogP contribution in [0.25, 0.3) is 0 Å². The van der Waals surface area contributed by atoms with Crippen molar-refractivity contribution in [3.8, 4) is 11.5 Å². The second kappa shape index (κ2) is 8.76. The maximum atomic E-state index is 13.0. The Kier molecular flexibility index (Phi) is 6.36. The van der Waals surface area contributed by atoms with Crippen LogP contribution in [0.1, 0.15) is 5.56 Å². The number of hydrogen-bond acceptors (Lipinski definition) is 5. The van der Waals surface area contributed by atoms with Gasteiger partial charge in [0, 0.05) is 31.4 Å². The average Bonchev–Trinajstić information content (AvgIpc) is 2.97. The zero-order chi connectivity index (χ0) is 21.0. The molecule has 1 saturated heterocycles. The van der Waals surface area contributed by atoms with Crippen molar-refractivity contribution in [3.05, 3.63) is 53.8 Å². The lowest BCUT2D eigenvalue weighted by molar-refractivity contribution is -0.116. The molecule has 1 fully saturated rings. The van der Waals surface area contributed by atoms with E-state index in [1.165, 1.54) is 42.8 Å². The van der Waals surface area contributed by atoms with Crippen LogP contribution >= 0.6 is 0 Å². The largest absolute Gasteiger partial charge is 0.493 e. The van der Waals surface area contributed by atoms with Gasteiger partial charge < -0.3 is 14.8 Å².